The van der Waals surface area contributed by atoms with E-state index in [9.17, 15) is 15.1 Å². The summed E-state index contributed by atoms with van der Waals surface area (Å²) in [5, 5.41) is 7.11. The number of cyclic esters (lactones) is 1. The molecule has 1 aliphatic heterocycles. The van der Waals surface area contributed by atoms with Gasteiger partial charge in [0.05, 0.1) is 41.5 Å². The van der Waals surface area contributed by atoms with E-state index in [1.54, 1.807) is 18.4 Å². The summed E-state index contributed by atoms with van der Waals surface area (Å²) in [6, 6.07) is 5.03. The molecule has 0 aliphatic carbocycles. The van der Waals surface area contributed by atoms with Gasteiger partial charge in [-0.05, 0) is 92.5 Å². The number of ether oxygens (including phenoxy) is 2. The molecule has 1 saturated heterocycles. The Labute approximate surface area is 321 Å². The lowest BCUT2D eigenvalue weighted by Gasteiger charge is -2.44. The predicted molar refractivity (Wildman–Crippen MR) is 218 cm³/mol. The van der Waals surface area contributed by atoms with Gasteiger partial charge in [0.1, 0.15) is 11.9 Å². The molecule has 0 radical (unpaired) electrons. The molecule has 0 saturated carbocycles. The Bertz CT molecular complexity index is 1340. The van der Waals surface area contributed by atoms with Gasteiger partial charge in [0.25, 0.3) is 0 Å². The Morgan fingerprint density at radius 1 is 1.04 bits per heavy atom. The van der Waals surface area contributed by atoms with E-state index in [-0.39, 0.29) is 36.8 Å². The van der Waals surface area contributed by atoms with Crippen molar-refractivity contribution in [2.75, 3.05) is 7.11 Å². The van der Waals surface area contributed by atoms with E-state index in [0.717, 1.165) is 65.4 Å². The number of esters is 1. The highest BCUT2D eigenvalue weighted by atomic mass is 32.1. The van der Waals surface area contributed by atoms with Crippen molar-refractivity contribution in [3.8, 4) is 0 Å². The molecular weight excluding hydrogens is 709 g/mol. The van der Waals surface area contributed by atoms with Crippen LogP contribution in [0.15, 0.2) is 16.1 Å². The van der Waals surface area contributed by atoms with Crippen LogP contribution < -0.4 is 0 Å². The van der Waals surface area contributed by atoms with E-state index in [0.29, 0.717) is 6.42 Å². The molecule has 0 bridgehead atoms. The van der Waals surface area contributed by atoms with Crippen LogP contribution in [0.25, 0.3) is 16.5 Å². The van der Waals surface area contributed by atoms with Gasteiger partial charge in [0, 0.05) is 28.7 Å². The molecule has 0 N–H and O–H groups in total. The number of aryl methyl sites for hydroxylation is 1. The largest absolute Gasteiger partial charge is 0.458 e. The standard InChI is InChI=1S/C39H70N4O6SSi2/c1-14-51(15-2,16-3)48-35-25-36(44)47-34(28(8)23-31-26-50-30(10)41-31)24-32(42-43-40)33(46-13)22-20-21-27(7)37(29(9)38(45)39(35,11)12)49-52(17-4,18-5)19-6/h23,26-27,29,32-35,37H,14-22,24-25H2,1-13H3/b28-23+/t27?,29-,32+,33+,34?,35+,37+/m1/s1. The van der Waals surface area contributed by atoms with Crippen LogP contribution >= 0.6 is 11.3 Å². The van der Waals surface area contributed by atoms with Gasteiger partial charge in [0.15, 0.2) is 16.6 Å². The van der Waals surface area contributed by atoms with Crippen molar-refractivity contribution < 1.29 is 27.9 Å². The van der Waals surface area contributed by atoms with Crippen molar-refractivity contribution in [1.82, 2.24) is 4.98 Å². The van der Waals surface area contributed by atoms with E-state index >= 15 is 0 Å². The molecule has 7 atom stereocenters. The van der Waals surface area contributed by atoms with Gasteiger partial charge in [-0.3, -0.25) is 9.59 Å². The minimum atomic E-state index is -2.28. The van der Waals surface area contributed by atoms with E-state index in [1.165, 1.54) is 0 Å². The zero-order chi connectivity index (χ0) is 39.3. The molecule has 2 rings (SSSR count). The molecule has 1 aromatic rings. The second-order valence-corrected chi connectivity index (χ2v) is 26.1. The summed E-state index contributed by atoms with van der Waals surface area (Å²) >= 11 is 1.55. The lowest BCUT2D eigenvalue weighted by Crippen LogP contribution is -2.53. The second-order valence-electron chi connectivity index (χ2n) is 15.6. The van der Waals surface area contributed by atoms with Crippen LogP contribution in [-0.2, 0) is 27.9 Å². The van der Waals surface area contributed by atoms with E-state index in [4.69, 9.17) is 18.3 Å². The van der Waals surface area contributed by atoms with Crippen LogP contribution in [0, 0.1) is 24.2 Å². The van der Waals surface area contributed by atoms with E-state index < -0.39 is 52.2 Å². The maximum absolute atomic E-state index is 15.0. The normalized spacial score (nSPS) is 27.6. The number of nitrogens with zero attached hydrogens (tertiary/aromatic N) is 4. The molecule has 52 heavy (non-hydrogen) atoms. The molecule has 13 heteroatoms. The van der Waals surface area contributed by atoms with E-state index in [2.05, 4.69) is 63.5 Å². The molecule has 2 unspecified atom stereocenters. The minimum Gasteiger partial charge on any atom is -0.458 e. The molecular formula is C39H70N4O6SSi2. The quantitative estimate of drug-likeness (QED) is 0.0603. The molecule has 1 aromatic heterocycles. The lowest BCUT2D eigenvalue weighted by molar-refractivity contribution is -0.154. The average molecular weight is 779 g/mol. The van der Waals surface area contributed by atoms with Crippen LogP contribution in [0.5, 0.6) is 0 Å². The van der Waals surface area contributed by atoms with Crippen molar-refractivity contribution in [3.05, 3.63) is 32.1 Å². The van der Waals surface area contributed by atoms with Crippen molar-refractivity contribution in [2.24, 2.45) is 22.4 Å². The molecule has 2 heterocycles. The fourth-order valence-electron chi connectivity index (χ4n) is 7.93. The van der Waals surface area contributed by atoms with Crippen molar-refractivity contribution in [1.29, 1.82) is 0 Å². The van der Waals surface area contributed by atoms with Crippen LogP contribution in [0.2, 0.25) is 36.3 Å². The van der Waals surface area contributed by atoms with Gasteiger partial charge >= 0.3 is 5.97 Å². The Kier molecular flexibility index (Phi) is 18.9. The number of ketones is 1. The summed E-state index contributed by atoms with van der Waals surface area (Å²) in [5.74, 6) is -0.704. The van der Waals surface area contributed by atoms with Crippen LogP contribution in [0.3, 0.4) is 0 Å². The molecule has 0 amide bonds. The number of methoxy groups -OCH3 is 1. The third-order valence-corrected chi connectivity index (χ3v) is 22.3. The predicted octanol–water partition coefficient (Wildman–Crippen LogP) is 11.1. The summed E-state index contributed by atoms with van der Waals surface area (Å²) in [5.41, 5.74) is 10.3. The van der Waals surface area contributed by atoms with Gasteiger partial charge in [-0.15, -0.1) is 11.3 Å². The number of azide groups is 1. The molecule has 1 aliphatic rings. The topological polar surface area (TPSA) is 133 Å². The molecule has 0 aromatic carbocycles. The zero-order valence-corrected chi connectivity index (χ0v) is 37.4. The molecule has 296 valence electrons. The summed E-state index contributed by atoms with van der Waals surface area (Å²) in [4.78, 5) is 37.0. The molecule has 10 nitrogen and oxygen atoms in total. The SMILES string of the molecule is CC[Si](CC)(CC)O[C@H]1CC(=O)OC(/C(C)=C/c2csc(C)n2)C[C@H](N=[N+]=[N-])[C@@H](OC)CCCC(C)[C@H](O[Si](CC)(CC)CC)[C@@H](C)C(=O)C1(C)C. The van der Waals surface area contributed by atoms with Crippen LogP contribution in [0.1, 0.15) is 119 Å². The van der Waals surface area contributed by atoms with Gasteiger partial charge in [0.2, 0.25) is 0 Å². The number of Topliss-reactive ketones (excluding diaryl/α,β-unsaturated/α-hetero) is 1. The van der Waals surface area contributed by atoms with Crippen molar-refractivity contribution in [2.45, 2.75) is 182 Å². The van der Waals surface area contributed by atoms with E-state index in [1.807, 2.05) is 46.1 Å². The first-order valence-electron chi connectivity index (χ1n) is 19.8. The highest BCUT2D eigenvalue weighted by Gasteiger charge is 2.48. The number of hydrogen-bond acceptors (Lipinski definition) is 9. The summed E-state index contributed by atoms with van der Waals surface area (Å²) in [7, 11) is -2.74. The Hall–Kier alpha value is -1.87. The number of carbonyl (C=O) groups excluding carboxylic acids is 2. The zero-order valence-electron chi connectivity index (χ0n) is 34.6. The maximum atomic E-state index is 15.0. The first-order valence-corrected chi connectivity index (χ1v) is 25.8. The number of hydrogen-bond donors (Lipinski definition) is 0. The number of thiazole rings is 1. The van der Waals surface area contributed by atoms with Gasteiger partial charge in [-0.25, -0.2) is 4.98 Å². The Morgan fingerprint density at radius 3 is 2.12 bits per heavy atom. The van der Waals surface area contributed by atoms with Gasteiger partial charge in [-0.1, -0.05) is 80.8 Å². The Morgan fingerprint density at radius 2 is 1.62 bits per heavy atom. The summed E-state index contributed by atoms with van der Waals surface area (Å²) in [6.07, 6.45) is 2.32. The smallest absolute Gasteiger partial charge is 0.309 e. The van der Waals surface area contributed by atoms with Crippen molar-refractivity contribution >= 4 is 45.8 Å². The van der Waals surface area contributed by atoms with Crippen molar-refractivity contribution in [3.63, 3.8) is 0 Å². The molecule has 1 fully saturated rings. The maximum Gasteiger partial charge on any atom is 0.309 e. The summed E-state index contributed by atoms with van der Waals surface area (Å²) < 4.78 is 26.7. The molecule has 0 spiro atoms. The minimum absolute atomic E-state index is 0.0661. The Balaban J connectivity index is 2.77. The highest BCUT2D eigenvalue weighted by molar-refractivity contribution is 7.09. The fourth-order valence-corrected chi connectivity index (χ4v) is 14.5. The van der Waals surface area contributed by atoms with Crippen LogP contribution in [-0.4, -0.2) is 70.9 Å². The fraction of sp³-hybridized carbons (Fsp3) is 0.821. The monoisotopic (exact) mass is 778 g/mol. The third kappa shape index (κ3) is 12.1. The average Bonchev–Trinajstić information content (AvgIpc) is 3.55. The number of rotatable bonds is 14. The van der Waals surface area contributed by atoms with Gasteiger partial charge < -0.3 is 18.3 Å². The highest BCUT2D eigenvalue weighted by Crippen LogP contribution is 2.40. The summed E-state index contributed by atoms with van der Waals surface area (Å²) in [6.45, 7) is 25.1. The second kappa shape index (κ2) is 21.3. The number of carbonyl (C=O) groups is 2. The van der Waals surface area contributed by atoms with Gasteiger partial charge in [-0.2, -0.15) is 0 Å². The number of aromatic nitrogens is 1. The third-order valence-electron chi connectivity index (χ3n) is 12.2. The first-order chi connectivity index (χ1) is 24.5. The lowest BCUT2D eigenvalue weighted by atomic mass is 9.73. The van der Waals surface area contributed by atoms with Crippen LogP contribution in [0.4, 0.5) is 0 Å². The first kappa shape index (κ1) is 46.3.